The Labute approximate surface area is 285 Å². The summed E-state index contributed by atoms with van der Waals surface area (Å²) in [7, 11) is 0. The van der Waals surface area contributed by atoms with Gasteiger partial charge >= 0.3 is 0 Å². The molecule has 0 saturated carbocycles. The van der Waals surface area contributed by atoms with Gasteiger partial charge in [0.15, 0.2) is 0 Å². The molecule has 6 rings (SSSR count). The first-order valence-electron chi connectivity index (χ1n) is 18.1. The van der Waals surface area contributed by atoms with E-state index in [4.69, 9.17) is 19.4 Å². The standard InChI is InChI=1S/C42H50N4O2/c1-3-5-7-9-11-13-21-47-39-23-31(24-40(30-39)48-22-14-12-10-8-6-4-2)41-28-38-27-36-18-17-34(44-36)25-32-15-16-33(43-32)26-35-19-20-37(45-35)29-42(41)46-38/h15-20,23-30,43-44H,3-14,21-22H2,1-2H3. The van der Waals surface area contributed by atoms with E-state index in [0.29, 0.717) is 13.2 Å². The quantitative estimate of drug-likeness (QED) is 0.0971. The molecule has 0 spiro atoms. The van der Waals surface area contributed by atoms with Crippen molar-refractivity contribution in [2.75, 3.05) is 13.2 Å². The Balaban J connectivity index is 1.32. The number of nitrogens with zero attached hydrogens (tertiary/aromatic N) is 2. The van der Waals surface area contributed by atoms with Crippen LogP contribution in [0.15, 0.2) is 66.7 Å². The number of aromatic nitrogens is 4. The molecule has 0 saturated heterocycles. The lowest BCUT2D eigenvalue weighted by atomic mass is 10.0. The summed E-state index contributed by atoms with van der Waals surface area (Å²) in [5, 5.41) is 0. The Bertz CT molecular complexity index is 1840. The number of hydrogen-bond donors (Lipinski definition) is 2. The van der Waals surface area contributed by atoms with Crippen molar-refractivity contribution in [3.8, 4) is 11.5 Å². The predicted molar refractivity (Wildman–Crippen MR) is 201 cm³/mol. The number of fused-ring (bicyclic) bond motifs is 8. The van der Waals surface area contributed by atoms with E-state index < -0.39 is 0 Å². The van der Waals surface area contributed by atoms with Gasteiger partial charge in [-0.05, 0) is 97.3 Å². The van der Waals surface area contributed by atoms with E-state index in [2.05, 4.69) is 96.6 Å². The maximum Gasteiger partial charge on any atom is 0.123 e. The molecule has 250 valence electrons. The van der Waals surface area contributed by atoms with Crippen LogP contribution in [-0.2, 0) is 0 Å². The van der Waals surface area contributed by atoms with Crippen molar-refractivity contribution >= 4 is 45.9 Å². The van der Waals surface area contributed by atoms with Gasteiger partial charge in [0.25, 0.3) is 0 Å². The van der Waals surface area contributed by atoms with Gasteiger partial charge in [-0.2, -0.15) is 0 Å². The second-order valence-corrected chi connectivity index (χ2v) is 13.0. The molecule has 2 aliphatic heterocycles. The van der Waals surface area contributed by atoms with Crippen LogP contribution in [0.3, 0.4) is 0 Å². The fraction of sp³-hybridized carbons (Fsp3) is 0.381. The van der Waals surface area contributed by atoms with Crippen LogP contribution < -0.4 is 9.47 Å². The highest BCUT2D eigenvalue weighted by Crippen LogP contribution is 2.34. The van der Waals surface area contributed by atoms with Crippen LogP contribution in [0, 0.1) is 0 Å². The van der Waals surface area contributed by atoms with E-state index in [1.165, 1.54) is 64.2 Å². The molecule has 6 nitrogen and oxygen atoms in total. The molecular weight excluding hydrogens is 592 g/mol. The van der Waals surface area contributed by atoms with Gasteiger partial charge in [-0.15, -0.1) is 0 Å². The van der Waals surface area contributed by atoms with E-state index in [0.717, 1.165) is 80.3 Å². The van der Waals surface area contributed by atoms with Gasteiger partial charge in [0.2, 0.25) is 0 Å². The molecule has 0 radical (unpaired) electrons. The number of ether oxygens (including phenoxy) is 2. The summed E-state index contributed by atoms with van der Waals surface area (Å²) in [5.74, 6) is 1.68. The van der Waals surface area contributed by atoms with E-state index in [-0.39, 0.29) is 0 Å². The van der Waals surface area contributed by atoms with Crippen molar-refractivity contribution in [2.24, 2.45) is 0 Å². The second-order valence-electron chi connectivity index (χ2n) is 13.0. The van der Waals surface area contributed by atoms with Crippen molar-refractivity contribution in [3.05, 3.63) is 95.1 Å². The summed E-state index contributed by atoms with van der Waals surface area (Å²) in [6.07, 6.45) is 21.0. The number of hydrogen-bond acceptors (Lipinski definition) is 4. The normalized spacial score (nSPS) is 12.3. The van der Waals surface area contributed by atoms with E-state index in [9.17, 15) is 0 Å². The highest BCUT2D eigenvalue weighted by atomic mass is 16.5. The van der Waals surface area contributed by atoms with Crippen molar-refractivity contribution < 1.29 is 9.47 Å². The third-order valence-corrected chi connectivity index (χ3v) is 8.89. The highest BCUT2D eigenvalue weighted by molar-refractivity contribution is 5.94. The van der Waals surface area contributed by atoms with Crippen LogP contribution in [-0.4, -0.2) is 33.1 Å². The van der Waals surface area contributed by atoms with Crippen LogP contribution in [0.25, 0.3) is 45.9 Å². The molecule has 0 unspecified atom stereocenters. The third kappa shape index (κ3) is 9.50. The number of benzene rings is 1. The highest BCUT2D eigenvalue weighted by Gasteiger charge is 2.16. The maximum absolute atomic E-state index is 6.36. The summed E-state index contributed by atoms with van der Waals surface area (Å²) in [4.78, 5) is 17.0. The van der Waals surface area contributed by atoms with E-state index >= 15 is 0 Å². The van der Waals surface area contributed by atoms with Gasteiger partial charge in [0, 0.05) is 33.7 Å². The van der Waals surface area contributed by atoms with Gasteiger partial charge in [0.1, 0.15) is 11.5 Å². The number of aromatic amines is 2. The third-order valence-electron chi connectivity index (χ3n) is 8.89. The molecule has 0 fully saturated rings. The number of unbranched alkanes of at least 4 members (excludes halogenated alkanes) is 10. The lowest BCUT2D eigenvalue weighted by Gasteiger charge is -2.13. The lowest BCUT2D eigenvalue weighted by molar-refractivity contribution is 0.289. The van der Waals surface area contributed by atoms with Crippen molar-refractivity contribution in [1.29, 1.82) is 0 Å². The van der Waals surface area contributed by atoms with Crippen LogP contribution in [0.2, 0.25) is 0 Å². The first-order valence-corrected chi connectivity index (χ1v) is 18.1. The Morgan fingerprint density at radius 3 is 1.58 bits per heavy atom. The molecule has 48 heavy (non-hydrogen) atoms. The average molecular weight is 643 g/mol. The van der Waals surface area contributed by atoms with Crippen LogP contribution in [0.5, 0.6) is 11.5 Å². The van der Waals surface area contributed by atoms with Gasteiger partial charge in [0.05, 0.1) is 36.0 Å². The largest absolute Gasteiger partial charge is 0.493 e. The Morgan fingerprint density at radius 2 is 1.00 bits per heavy atom. The molecular formula is C42H50N4O2. The second kappa shape index (κ2) is 17.0. The van der Waals surface area contributed by atoms with E-state index in [1.54, 1.807) is 0 Å². The molecule has 3 aromatic heterocycles. The molecule has 5 heterocycles. The molecule has 0 amide bonds. The number of H-pyrrole nitrogens is 2. The van der Waals surface area contributed by atoms with Crippen molar-refractivity contribution in [1.82, 2.24) is 19.9 Å². The minimum atomic E-state index is 0.703. The lowest BCUT2D eigenvalue weighted by Crippen LogP contribution is -2.01. The van der Waals surface area contributed by atoms with Gasteiger partial charge in [-0.3, -0.25) is 0 Å². The molecule has 4 aromatic rings. The minimum Gasteiger partial charge on any atom is -0.493 e. The molecule has 2 aliphatic rings. The Hall–Kier alpha value is -4.58. The van der Waals surface area contributed by atoms with Crippen molar-refractivity contribution in [3.63, 3.8) is 0 Å². The predicted octanol–water partition coefficient (Wildman–Crippen LogP) is 11.6. The topological polar surface area (TPSA) is 75.8 Å². The molecule has 8 bridgehead atoms. The zero-order valence-corrected chi connectivity index (χ0v) is 28.7. The smallest absolute Gasteiger partial charge is 0.123 e. The number of rotatable bonds is 17. The summed E-state index contributed by atoms with van der Waals surface area (Å²) in [6.45, 7) is 5.92. The molecule has 0 aliphatic carbocycles. The Morgan fingerprint density at radius 1 is 0.500 bits per heavy atom. The summed E-state index contributed by atoms with van der Waals surface area (Å²) in [6, 6.07) is 23.0. The zero-order valence-electron chi connectivity index (χ0n) is 28.7. The maximum atomic E-state index is 6.36. The monoisotopic (exact) mass is 642 g/mol. The summed E-state index contributed by atoms with van der Waals surface area (Å²) >= 11 is 0. The van der Waals surface area contributed by atoms with E-state index in [1.807, 2.05) is 12.2 Å². The van der Waals surface area contributed by atoms with Crippen LogP contribution in [0.1, 0.15) is 119 Å². The van der Waals surface area contributed by atoms with Gasteiger partial charge in [-0.25, -0.2) is 9.97 Å². The zero-order chi connectivity index (χ0) is 33.0. The average Bonchev–Trinajstić information content (AvgIpc) is 3.90. The first-order chi connectivity index (χ1) is 23.6. The summed E-state index contributed by atoms with van der Waals surface area (Å²) < 4.78 is 12.7. The first kappa shape index (κ1) is 33.3. The fourth-order valence-corrected chi connectivity index (χ4v) is 6.28. The fourth-order valence-electron chi connectivity index (χ4n) is 6.28. The molecule has 2 N–H and O–H groups in total. The van der Waals surface area contributed by atoms with Gasteiger partial charge in [-0.1, -0.05) is 78.1 Å². The van der Waals surface area contributed by atoms with Crippen molar-refractivity contribution in [2.45, 2.75) is 90.9 Å². The molecule has 6 heteroatoms. The number of nitrogens with one attached hydrogen (secondary N) is 2. The summed E-state index contributed by atoms with van der Waals surface area (Å²) in [5.41, 5.74) is 9.64. The SMILES string of the molecule is CCCCCCCCOc1cc(OCCCCCCCC)cc(C2=Cc3cc4ccc(cc5ccc(cc6nc(cc2n3)C=C6)[nH]5)[nH]4)c1. The van der Waals surface area contributed by atoms with Crippen LogP contribution in [0.4, 0.5) is 0 Å². The minimum absolute atomic E-state index is 0.703. The Kier molecular flexibility index (Phi) is 11.8. The molecule has 1 aromatic carbocycles. The molecule has 0 atom stereocenters. The van der Waals surface area contributed by atoms with Crippen LogP contribution >= 0.6 is 0 Å². The van der Waals surface area contributed by atoms with Gasteiger partial charge < -0.3 is 19.4 Å².